The predicted molar refractivity (Wildman–Crippen MR) is 195 cm³/mol. The second kappa shape index (κ2) is 14.7. The van der Waals surface area contributed by atoms with E-state index in [0.29, 0.717) is 61.9 Å². The van der Waals surface area contributed by atoms with Crippen LogP contribution in [0.2, 0.25) is 0 Å². The maximum Gasteiger partial charge on any atom is 0.415 e. The molecule has 1 fully saturated rings. The average Bonchev–Trinajstić information content (AvgIpc) is 3.35. The number of fused-ring (bicyclic) bond motifs is 9. The second-order valence-corrected chi connectivity index (χ2v) is 14.4. The van der Waals surface area contributed by atoms with Crippen LogP contribution < -0.4 is 4.74 Å². The summed E-state index contributed by atoms with van der Waals surface area (Å²) in [5, 5.41) is 25.8. The number of ether oxygens (including phenoxy) is 1. The molecular weight excluding hydrogens is 610 g/mol. The van der Waals surface area contributed by atoms with Crippen molar-refractivity contribution >= 4 is 22.6 Å². The van der Waals surface area contributed by atoms with Crippen LogP contribution in [0.5, 0.6) is 5.75 Å². The number of aliphatic hydroxyl groups is 2. The van der Waals surface area contributed by atoms with Crippen LogP contribution in [-0.4, -0.2) is 51.8 Å². The van der Waals surface area contributed by atoms with Crippen LogP contribution in [0.15, 0.2) is 103 Å². The van der Waals surface area contributed by atoms with Gasteiger partial charge in [-0.25, -0.2) is 4.79 Å². The number of carbonyl (C=O) groups excluding carboxylic acids is 2. The Kier molecular flexibility index (Phi) is 10.4. The number of ketones is 1. The van der Waals surface area contributed by atoms with E-state index in [1.807, 2.05) is 91.9 Å². The lowest BCUT2D eigenvalue weighted by Crippen LogP contribution is -2.54. The number of aliphatic hydroxyl groups excluding tert-OH is 1. The molecule has 0 aromatic heterocycles. The van der Waals surface area contributed by atoms with Crippen LogP contribution in [0.25, 0.3) is 10.8 Å². The molecule has 6 nitrogen and oxygen atoms in total. The first-order chi connectivity index (χ1) is 23.6. The van der Waals surface area contributed by atoms with E-state index in [4.69, 9.17) is 4.74 Å². The average molecular weight is 660 g/mol. The van der Waals surface area contributed by atoms with Gasteiger partial charge >= 0.3 is 6.09 Å². The predicted octanol–water partition coefficient (Wildman–Crippen LogP) is 9.02. The summed E-state index contributed by atoms with van der Waals surface area (Å²) in [7, 11) is 0. The minimum absolute atomic E-state index is 0.0564. The maximum atomic E-state index is 14.2. The molecule has 7 rings (SSSR count). The zero-order valence-corrected chi connectivity index (χ0v) is 29.0. The van der Waals surface area contributed by atoms with Crippen LogP contribution in [-0.2, 0) is 6.42 Å². The molecule has 0 heterocycles. The smallest absolute Gasteiger partial charge is 0.410 e. The van der Waals surface area contributed by atoms with Crippen LogP contribution in [0.3, 0.4) is 0 Å². The third-order valence-corrected chi connectivity index (χ3v) is 11.1. The van der Waals surface area contributed by atoms with Crippen LogP contribution in [0.4, 0.5) is 4.79 Å². The maximum absolute atomic E-state index is 14.2. The SMILES string of the molecule is CCCN(C[C@]1(O)CC[C@H]2c3ccc(cc3C(=O)c3ccccc3)C[C@@H](O)CCC(C)=CCC[C@@]21C)C(=O)Oc1ccc2ccccc2c1. The highest BCUT2D eigenvalue weighted by Gasteiger charge is 2.57. The zero-order chi connectivity index (χ0) is 34.6. The molecule has 0 radical (unpaired) electrons. The minimum atomic E-state index is -1.23. The second-order valence-electron chi connectivity index (χ2n) is 14.4. The summed E-state index contributed by atoms with van der Waals surface area (Å²) in [4.78, 5) is 29.6. The van der Waals surface area contributed by atoms with E-state index < -0.39 is 23.2 Å². The van der Waals surface area contributed by atoms with Crippen molar-refractivity contribution in [2.24, 2.45) is 5.41 Å². The summed E-state index contributed by atoms with van der Waals surface area (Å²) in [5.74, 6) is 0.287. The largest absolute Gasteiger partial charge is 0.415 e. The highest BCUT2D eigenvalue weighted by molar-refractivity contribution is 6.10. The highest BCUT2D eigenvalue weighted by Crippen LogP contribution is 2.59. The number of hydrogen-bond acceptors (Lipinski definition) is 5. The van der Waals surface area contributed by atoms with Gasteiger partial charge in [0.25, 0.3) is 0 Å². The van der Waals surface area contributed by atoms with E-state index in [-0.39, 0.29) is 18.2 Å². The van der Waals surface area contributed by atoms with Gasteiger partial charge in [0.15, 0.2) is 5.78 Å². The molecular formula is C43H49NO5. The van der Waals surface area contributed by atoms with Crippen LogP contribution in [0.1, 0.15) is 98.7 Å². The van der Waals surface area contributed by atoms with E-state index in [1.165, 1.54) is 5.57 Å². The molecule has 1 saturated carbocycles. The summed E-state index contributed by atoms with van der Waals surface area (Å²) in [6.07, 6.45) is 6.44. The molecule has 0 spiro atoms. The lowest BCUT2D eigenvalue weighted by atomic mass is 9.64. The van der Waals surface area contributed by atoms with Gasteiger partial charge < -0.3 is 19.8 Å². The molecule has 4 aromatic rings. The number of amides is 1. The van der Waals surface area contributed by atoms with Crippen molar-refractivity contribution < 1.29 is 24.5 Å². The standard InChI is InChI=1S/C43H49NO5/c1-4-25-44(41(47)49-36-20-18-32-12-8-9-15-34(32)28-36)29-43(48)24-22-39-37-21-17-31(27-38(37)40(46)33-13-6-5-7-14-33)26-35(45)19-16-30(2)11-10-23-42(39,43)3/h5-9,11-15,17-18,20-21,27-28,35,39,45,48H,4,10,16,19,22-26,29H2,1-3H3/t35-,39-,42-,43+/m0/s1. The van der Waals surface area contributed by atoms with Gasteiger partial charge in [0.05, 0.1) is 18.2 Å². The summed E-state index contributed by atoms with van der Waals surface area (Å²) in [6.45, 7) is 6.86. The normalized spacial score (nSPS) is 24.1. The number of nitrogens with zero attached hydrogens (tertiary/aromatic N) is 1. The van der Waals surface area contributed by atoms with E-state index in [9.17, 15) is 19.8 Å². The molecule has 4 aromatic carbocycles. The summed E-state index contributed by atoms with van der Waals surface area (Å²) >= 11 is 0. The summed E-state index contributed by atoms with van der Waals surface area (Å²) in [6, 6.07) is 29.0. The van der Waals surface area contributed by atoms with Crippen LogP contribution in [0, 0.1) is 5.41 Å². The topological polar surface area (TPSA) is 87.1 Å². The van der Waals surface area contributed by atoms with Crippen molar-refractivity contribution in [1.29, 1.82) is 0 Å². The van der Waals surface area contributed by atoms with E-state index in [2.05, 4.69) is 26.0 Å². The van der Waals surface area contributed by atoms with Gasteiger partial charge in [-0.2, -0.15) is 0 Å². The Morgan fingerprint density at radius 2 is 1.67 bits per heavy atom. The van der Waals surface area contributed by atoms with Gasteiger partial charge in [-0.3, -0.25) is 4.79 Å². The van der Waals surface area contributed by atoms with Gasteiger partial charge in [0.1, 0.15) is 5.75 Å². The zero-order valence-electron chi connectivity index (χ0n) is 29.0. The summed E-state index contributed by atoms with van der Waals surface area (Å²) in [5.41, 5.74) is 2.42. The molecule has 0 unspecified atom stereocenters. The fraction of sp³-hybridized carbons (Fsp3) is 0.395. The first kappa shape index (κ1) is 34.6. The molecule has 0 aliphatic heterocycles. The molecule has 4 atom stereocenters. The van der Waals surface area contributed by atoms with Crippen molar-refractivity contribution in [1.82, 2.24) is 4.90 Å². The van der Waals surface area contributed by atoms with E-state index in [1.54, 1.807) is 4.90 Å². The molecule has 2 bridgehead atoms. The number of allylic oxidation sites excluding steroid dienone is 2. The van der Waals surface area contributed by atoms with E-state index in [0.717, 1.165) is 34.7 Å². The molecule has 3 aliphatic rings. The van der Waals surface area contributed by atoms with Crippen molar-refractivity contribution in [2.45, 2.75) is 89.8 Å². The fourth-order valence-corrected chi connectivity index (χ4v) is 8.16. The van der Waals surface area contributed by atoms with Gasteiger partial charge in [-0.15, -0.1) is 0 Å². The number of rotatable bonds is 7. The van der Waals surface area contributed by atoms with Gasteiger partial charge in [-0.1, -0.05) is 98.3 Å². The third-order valence-electron chi connectivity index (χ3n) is 11.1. The Bertz CT molecular complexity index is 1830. The van der Waals surface area contributed by atoms with Crippen molar-refractivity contribution in [2.75, 3.05) is 13.1 Å². The van der Waals surface area contributed by atoms with Gasteiger partial charge in [-0.05, 0) is 104 Å². The molecule has 1 amide bonds. The quantitative estimate of drug-likeness (QED) is 0.153. The van der Waals surface area contributed by atoms with Gasteiger partial charge in [0.2, 0.25) is 0 Å². The highest BCUT2D eigenvalue weighted by atomic mass is 16.6. The summed E-state index contributed by atoms with van der Waals surface area (Å²) < 4.78 is 5.94. The Hall–Kier alpha value is -4.26. The van der Waals surface area contributed by atoms with E-state index >= 15 is 0 Å². The Morgan fingerprint density at radius 3 is 2.45 bits per heavy atom. The Balaban J connectivity index is 1.36. The van der Waals surface area contributed by atoms with Crippen molar-refractivity contribution in [3.63, 3.8) is 0 Å². The minimum Gasteiger partial charge on any atom is -0.410 e. The number of benzene rings is 4. The first-order valence-corrected chi connectivity index (χ1v) is 17.8. The lowest BCUT2D eigenvalue weighted by Gasteiger charge is -2.46. The molecule has 3 aliphatic carbocycles. The lowest BCUT2D eigenvalue weighted by molar-refractivity contribution is -0.0790. The molecule has 0 saturated heterocycles. The fourth-order valence-electron chi connectivity index (χ4n) is 8.16. The number of hydrogen-bond donors (Lipinski definition) is 2. The van der Waals surface area contributed by atoms with Crippen molar-refractivity contribution in [3.8, 4) is 5.75 Å². The third kappa shape index (κ3) is 7.36. The van der Waals surface area contributed by atoms with Crippen molar-refractivity contribution in [3.05, 3.63) is 125 Å². The van der Waals surface area contributed by atoms with Gasteiger partial charge in [0, 0.05) is 23.1 Å². The van der Waals surface area contributed by atoms with Crippen LogP contribution >= 0.6 is 0 Å². The molecule has 256 valence electrons. The Morgan fingerprint density at radius 1 is 0.918 bits per heavy atom. The first-order valence-electron chi connectivity index (χ1n) is 17.8. The monoisotopic (exact) mass is 659 g/mol. The molecule has 6 heteroatoms. The number of carbonyl (C=O) groups is 2. The molecule has 2 N–H and O–H groups in total. The Labute approximate surface area is 290 Å². The molecule has 49 heavy (non-hydrogen) atoms.